The Morgan fingerprint density at radius 3 is 2.92 bits per heavy atom. The van der Waals surface area contributed by atoms with Gasteiger partial charge in [-0.05, 0) is 36.2 Å². The van der Waals surface area contributed by atoms with Crippen molar-refractivity contribution >= 4 is 11.9 Å². The van der Waals surface area contributed by atoms with Crippen molar-refractivity contribution in [3.8, 4) is 5.75 Å². The molecule has 0 bridgehead atoms. The van der Waals surface area contributed by atoms with Gasteiger partial charge in [0, 0.05) is 6.42 Å². The van der Waals surface area contributed by atoms with E-state index in [0.29, 0.717) is 25.1 Å². The number of carbonyl (C=O) groups excluding carboxylic acids is 2. The molecule has 2 aromatic carbocycles. The SMILES string of the molecule is Cc1cccc(OCCNC(=O)C2Cc3ccccc3C(=O)O2)c1. The number of amides is 1. The van der Waals surface area contributed by atoms with Gasteiger partial charge in [-0.1, -0.05) is 30.3 Å². The fourth-order valence-corrected chi connectivity index (χ4v) is 2.64. The first-order valence-electron chi connectivity index (χ1n) is 7.89. The second kappa shape index (κ2) is 7.17. The van der Waals surface area contributed by atoms with Gasteiger partial charge < -0.3 is 14.8 Å². The molecule has 24 heavy (non-hydrogen) atoms. The average molecular weight is 325 g/mol. The van der Waals surface area contributed by atoms with Crippen LogP contribution in [0.15, 0.2) is 48.5 Å². The van der Waals surface area contributed by atoms with E-state index in [-0.39, 0.29) is 5.91 Å². The summed E-state index contributed by atoms with van der Waals surface area (Å²) in [5.74, 6) is 0.0148. The molecule has 5 nitrogen and oxygen atoms in total. The Bertz CT molecular complexity index is 757. The smallest absolute Gasteiger partial charge is 0.339 e. The van der Waals surface area contributed by atoms with E-state index in [4.69, 9.17) is 9.47 Å². The Balaban J connectivity index is 1.48. The van der Waals surface area contributed by atoms with Crippen molar-refractivity contribution in [2.75, 3.05) is 13.2 Å². The summed E-state index contributed by atoms with van der Waals surface area (Å²) in [5, 5.41) is 2.75. The van der Waals surface area contributed by atoms with E-state index >= 15 is 0 Å². The number of hydrogen-bond acceptors (Lipinski definition) is 4. The van der Waals surface area contributed by atoms with Crippen LogP contribution < -0.4 is 10.1 Å². The summed E-state index contributed by atoms with van der Waals surface area (Å²) in [7, 11) is 0. The van der Waals surface area contributed by atoms with Gasteiger partial charge in [0.05, 0.1) is 12.1 Å². The van der Waals surface area contributed by atoms with E-state index < -0.39 is 12.1 Å². The second-order valence-corrected chi connectivity index (χ2v) is 5.71. The maximum absolute atomic E-state index is 12.2. The lowest BCUT2D eigenvalue weighted by molar-refractivity contribution is -0.130. The zero-order valence-electron chi connectivity index (χ0n) is 13.5. The molecule has 1 atom stereocenters. The predicted octanol–water partition coefficient (Wildman–Crippen LogP) is 2.27. The largest absolute Gasteiger partial charge is 0.492 e. The van der Waals surface area contributed by atoms with Crippen LogP contribution in [0.25, 0.3) is 0 Å². The standard InChI is InChI=1S/C19H19NO4/c1-13-5-4-7-15(11-13)23-10-9-20-18(21)17-12-14-6-2-3-8-16(14)19(22)24-17/h2-8,11,17H,9-10,12H2,1H3,(H,20,21). The molecule has 0 saturated carbocycles. The highest BCUT2D eigenvalue weighted by Crippen LogP contribution is 2.20. The molecule has 0 aromatic heterocycles. The fraction of sp³-hybridized carbons (Fsp3) is 0.263. The Hall–Kier alpha value is -2.82. The van der Waals surface area contributed by atoms with E-state index in [9.17, 15) is 9.59 Å². The molecule has 124 valence electrons. The molecule has 5 heteroatoms. The lowest BCUT2D eigenvalue weighted by Crippen LogP contribution is -2.43. The number of aryl methyl sites for hydroxylation is 1. The number of ether oxygens (including phenoxy) is 2. The molecule has 0 saturated heterocycles. The summed E-state index contributed by atoms with van der Waals surface area (Å²) in [5.41, 5.74) is 2.48. The summed E-state index contributed by atoms with van der Waals surface area (Å²) in [6.45, 7) is 2.69. The maximum Gasteiger partial charge on any atom is 0.339 e. The highest BCUT2D eigenvalue weighted by atomic mass is 16.5. The molecule has 1 amide bonds. The monoisotopic (exact) mass is 325 g/mol. The number of carbonyl (C=O) groups is 2. The van der Waals surface area contributed by atoms with Crippen LogP contribution in [0.1, 0.15) is 21.5 Å². The predicted molar refractivity (Wildman–Crippen MR) is 89.0 cm³/mol. The lowest BCUT2D eigenvalue weighted by Gasteiger charge is -2.23. The molecule has 1 heterocycles. The summed E-state index contributed by atoms with van der Waals surface area (Å²) in [4.78, 5) is 24.1. The maximum atomic E-state index is 12.2. The van der Waals surface area contributed by atoms with Gasteiger partial charge in [-0.25, -0.2) is 4.79 Å². The molecular formula is C19H19NO4. The van der Waals surface area contributed by atoms with Crippen molar-refractivity contribution in [1.82, 2.24) is 5.32 Å². The first-order chi connectivity index (χ1) is 11.6. The van der Waals surface area contributed by atoms with Crippen LogP contribution >= 0.6 is 0 Å². The van der Waals surface area contributed by atoms with Crippen LogP contribution in [0, 0.1) is 6.92 Å². The van der Waals surface area contributed by atoms with E-state index in [1.165, 1.54) is 0 Å². The second-order valence-electron chi connectivity index (χ2n) is 5.71. The number of benzene rings is 2. The van der Waals surface area contributed by atoms with Crippen molar-refractivity contribution in [2.45, 2.75) is 19.4 Å². The minimum absolute atomic E-state index is 0.300. The Kier molecular flexibility index (Phi) is 4.79. The molecule has 1 aliphatic rings. The molecule has 0 aliphatic carbocycles. The van der Waals surface area contributed by atoms with Crippen molar-refractivity contribution in [3.63, 3.8) is 0 Å². The van der Waals surface area contributed by atoms with Gasteiger partial charge in [0.1, 0.15) is 12.4 Å². The molecule has 2 aromatic rings. The van der Waals surface area contributed by atoms with Gasteiger partial charge >= 0.3 is 5.97 Å². The molecule has 1 aliphatic heterocycles. The zero-order valence-corrected chi connectivity index (χ0v) is 13.5. The van der Waals surface area contributed by atoms with Crippen molar-refractivity contribution in [1.29, 1.82) is 0 Å². The van der Waals surface area contributed by atoms with E-state index in [2.05, 4.69) is 5.32 Å². The third kappa shape index (κ3) is 3.74. The first-order valence-corrected chi connectivity index (χ1v) is 7.89. The topological polar surface area (TPSA) is 64.6 Å². The Morgan fingerprint density at radius 1 is 1.25 bits per heavy atom. The molecule has 3 rings (SSSR count). The van der Waals surface area contributed by atoms with Gasteiger partial charge in [-0.2, -0.15) is 0 Å². The molecule has 1 unspecified atom stereocenters. The lowest BCUT2D eigenvalue weighted by atomic mass is 9.98. The summed E-state index contributed by atoms with van der Waals surface area (Å²) >= 11 is 0. The molecule has 0 radical (unpaired) electrons. The summed E-state index contributed by atoms with van der Waals surface area (Å²) in [6.07, 6.45) is -0.390. The molecule has 0 spiro atoms. The third-order valence-electron chi connectivity index (χ3n) is 3.84. The van der Waals surface area contributed by atoms with Gasteiger partial charge in [0.2, 0.25) is 0 Å². The van der Waals surface area contributed by atoms with Crippen LogP contribution in [0.4, 0.5) is 0 Å². The molecule has 0 fully saturated rings. The normalized spacial score (nSPS) is 16.0. The van der Waals surface area contributed by atoms with Gasteiger partial charge in [0.25, 0.3) is 5.91 Å². The summed E-state index contributed by atoms with van der Waals surface area (Å²) < 4.78 is 10.8. The highest BCUT2D eigenvalue weighted by molar-refractivity contribution is 5.95. The van der Waals surface area contributed by atoms with Crippen molar-refractivity contribution < 1.29 is 19.1 Å². The summed E-state index contributed by atoms with van der Waals surface area (Å²) in [6, 6.07) is 14.9. The van der Waals surface area contributed by atoms with Crippen LogP contribution in [0.5, 0.6) is 5.75 Å². The minimum Gasteiger partial charge on any atom is -0.492 e. The highest BCUT2D eigenvalue weighted by Gasteiger charge is 2.30. The number of rotatable bonds is 5. The van der Waals surface area contributed by atoms with Crippen LogP contribution in [-0.4, -0.2) is 31.1 Å². The van der Waals surface area contributed by atoms with E-state index in [0.717, 1.165) is 16.9 Å². The number of hydrogen-bond donors (Lipinski definition) is 1. The van der Waals surface area contributed by atoms with Crippen molar-refractivity contribution in [2.24, 2.45) is 0 Å². The van der Waals surface area contributed by atoms with E-state index in [1.54, 1.807) is 12.1 Å². The molecule has 1 N–H and O–H groups in total. The van der Waals surface area contributed by atoms with E-state index in [1.807, 2.05) is 43.3 Å². The van der Waals surface area contributed by atoms with Crippen molar-refractivity contribution in [3.05, 3.63) is 65.2 Å². The first kappa shape index (κ1) is 16.1. The van der Waals surface area contributed by atoms with Crippen LogP contribution in [0.2, 0.25) is 0 Å². The number of nitrogens with one attached hydrogen (secondary N) is 1. The third-order valence-corrected chi connectivity index (χ3v) is 3.84. The van der Waals surface area contributed by atoms with Crippen LogP contribution in [-0.2, 0) is 16.0 Å². The van der Waals surface area contributed by atoms with Gasteiger partial charge in [-0.15, -0.1) is 0 Å². The molecular weight excluding hydrogens is 306 g/mol. The number of cyclic esters (lactones) is 1. The fourth-order valence-electron chi connectivity index (χ4n) is 2.64. The quantitative estimate of drug-likeness (QED) is 0.676. The minimum atomic E-state index is -0.786. The number of esters is 1. The Morgan fingerprint density at radius 2 is 2.08 bits per heavy atom. The van der Waals surface area contributed by atoms with Gasteiger partial charge in [0.15, 0.2) is 6.10 Å². The number of fused-ring (bicyclic) bond motifs is 1. The zero-order chi connectivity index (χ0) is 16.9. The van der Waals surface area contributed by atoms with Crippen LogP contribution in [0.3, 0.4) is 0 Å². The Labute approximate surface area is 140 Å². The average Bonchev–Trinajstić information content (AvgIpc) is 2.58. The van der Waals surface area contributed by atoms with Gasteiger partial charge in [-0.3, -0.25) is 4.79 Å².